The molecule has 0 aliphatic heterocycles. The fraction of sp³-hybridized carbons (Fsp3) is 0.438. The maximum Gasteiger partial charge on any atom is 0.308 e. The van der Waals surface area contributed by atoms with Gasteiger partial charge in [-0.3, -0.25) is 9.59 Å². The molecular weight excluding hydrogens is 288 g/mol. The first-order chi connectivity index (χ1) is 10.4. The molecule has 0 fully saturated rings. The van der Waals surface area contributed by atoms with Crippen molar-refractivity contribution in [3.05, 3.63) is 23.8 Å². The lowest BCUT2D eigenvalue weighted by Gasteiger charge is -2.12. The van der Waals surface area contributed by atoms with Crippen LogP contribution in [0.15, 0.2) is 18.2 Å². The molecule has 1 aromatic rings. The highest BCUT2D eigenvalue weighted by Crippen LogP contribution is 2.29. The molecule has 0 spiro atoms. The van der Waals surface area contributed by atoms with Crippen LogP contribution in [0.3, 0.4) is 0 Å². The summed E-state index contributed by atoms with van der Waals surface area (Å²) in [6.45, 7) is 4.58. The van der Waals surface area contributed by atoms with Gasteiger partial charge in [0.2, 0.25) is 0 Å². The molecule has 1 aromatic carbocycles. The van der Waals surface area contributed by atoms with Crippen LogP contribution in [-0.2, 0) is 25.7 Å². The molecule has 0 aliphatic carbocycles. The summed E-state index contributed by atoms with van der Waals surface area (Å²) in [5.74, 6) is -0.0768. The van der Waals surface area contributed by atoms with Crippen molar-refractivity contribution in [2.45, 2.75) is 40.2 Å². The Bertz CT molecular complexity index is 550. The molecule has 0 amide bonds. The van der Waals surface area contributed by atoms with Crippen LogP contribution in [-0.4, -0.2) is 24.3 Å². The van der Waals surface area contributed by atoms with Gasteiger partial charge in [0.1, 0.15) is 12.4 Å². The number of ether oxygens (including phenoxy) is 3. The van der Waals surface area contributed by atoms with Crippen molar-refractivity contribution in [3.63, 3.8) is 0 Å². The van der Waals surface area contributed by atoms with Crippen LogP contribution in [0.1, 0.15) is 39.2 Å². The average molecular weight is 308 g/mol. The summed E-state index contributed by atoms with van der Waals surface area (Å²) in [5, 5.41) is 0. The summed E-state index contributed by atoms with van der Waals surface area (Å²) in [4.78, 5) is 32.8. The van der Waals surface area contributed by atoms with E-state index in [0.29, 0.717) is 36.5 Å². The van der Waals surface area contributed by atoms with Gasteiger partial charge in [-0.25, -0.2) is 0 Å². The highest BCUT2D eigenvalue weighted by molar-refractivity contribution is 5.75. The van der Waals surface area contributed by atoms with E-state index in [9.17, 15) is 14.4 Å². The van der Waals surface area contributed by atoms with Crippen molar-refractivity contribution in [1.29, 1.82) is 0 Å². The summed E-state index contributed by atoms with van der Waals surface area (Å²) in [6.07, 6.45) is 0.999. The van der Waals surface area contributed by atoms with Crippen molar-refractivity contribution >= 4 is 17.7 Å². The van der Waals surface area contributed by atoms with E-state index in [4.69, 9.17) is 14.2 Å². The van der Waals surface area contributed by atoms with Crippen LogP contribution in [0.5, 0.6) is 11.5 Å². The van der Waals surface area contributed by atoms with Gasteiger partial charge in [-0.15, -0.1) is 0 Å². The minimum Gasteiger partial charge on any atom is -0.490 e. The van der Waals surface area contributed by atoms with Crippen molar-refractivity contribution in [1.82, 2.24) is 0 Å². The summed E-state index contributed by atoms with van der Waals surface area (Å²) in [6, 6.07) is 4.92. The topological polar surface area (TPSA) is 78.9 Å². The second-order valence-electron chi connectivity index (χ2n) is 4.81. The van der Waals surface area contributed by atoms with E-state index in [1.54, 1.807) is 18.2 Å². The molecule has 0 aliphatic rings. The Morgan fingerprint density at radius 3 is 2.32 bits per heavy atom. The Morgan fingerprint density at radius 1 is 1.00 bits per heavy atom. The molecule has 22 heavy (non-hydrogen) atoms. The first-order valence-corrected chi connectivity index (χ1v) is 6.95. The second-order valence-corrected chi connectivity index (χ2v) is 4.81. The van der Waals surface area contributed by atoms with Gasteiger partial charge in [0.05, 0.1) is 6.61 Å². The molecular formula is C16H20O6. The number of hydrogen-bond donors (Lipinski definition) is 0. The van der Waals surface area contributed by atoms with E-state index in [1.165, 1.54) is 20.8 Å². The predicted octanol–water partition coefficient (Wildman–Crippen LogP) is 2.42. The Hall–Kier alpha value is -2.37. The minimum atomic E-state index is -0.457. The van der Waals surface area contributed by atoms with Crippen LogP contribution >= 0.6 is 0 Å². The zero-order valence-electron chi connectivity index (χ0n) is 13.0. The Morgan fingerprint density at radius 2 is 1.73 bits per heavy atom. The first kappa shape index (κ1) is 17.7. The average Bonchev–Trinajstić information content (AvgIpc) is 2.42. The zero-order chi connectivity index (χ0) is 16.5. The molecule has 120 valence electrons. The fourth-order valence-electron chi connectivity index (χ4n) is 1.68. The quantitative estimate of drug-likeness (QED) is 0.417. The van der Waals surface area contributed by atoms with Crippen LogP contribution in [0.25, 0.3) is 0 Å². The number of rotatable bonds is 8. The van der Waals surface area contributed by atoms with Gasteiger partial charge in [0.15, 0.2) is 11.5 Å². The largest absolute Gasteiger partial charge is 0.490 e. The maximum atomic E-state index is 11.1. The van der Waals surface area contributed by atoms with Crippen LogP contribution in [0, 0.1) is 0 Å². The van der Waals surface area contributed by atoms with E-state index in [2.05, 4.69) is 0 Å². The highest BCUT2D eigenvalue weighted by atomic mass is 16.6. The third-order valence-electron chi connectivity index (χ3n) is 2.63. The molecule has 0 N–H and O–H groups in total. The summed E-state index contributed by atoms with van der Waals surface area (Å²) in [7, 11) is 0. The number of esters is 2. The lowest BCUT2D eigenvalue weighted by Crippen LogP contribution is -2.07. The maximum absolute atomic E-state index is 11.1. The molecule has 0 aromatic heterocycles. The minimum absolute atomic E-state index is 0.0902. The molecule has 6 nitrogen and oxygen atoms in total. The van der Waals surface area contributed by atoms with Gasteiger partial charge in [0, 0.05) is 20.3 Å². The SMILES string of the molecule is CC(=O)CCCOc1cc(COC(C)=O)ccc1OC(C)=O. The molecule has 6 heteroatoms. The summed E-state index contributed by atoms with van der Waals surface area (Å²) in [5.41, 5.74) is 0.715. The van der Waals surface area contributed by atoms with Crippen LogP contribution < -0.4 is 9.47 Å². The third kappa shape index (κ3) is 6.88. The van der Waals surface area contributed by atoms with Crippen molar-refractivity contribution in [2.24, 2.45) is 0 Å². The number of carbonyl (C=O) groups is 3. The standard InChI is InChI=1S/C16H20O6/c1-11(17)5-4-8-20-16-9-14(10-21-12(2)18)6-7-15(16)22-13(3)19/h6-7,9H,4-5,8,10H2,1-3H3. The smallest absolute Gasteiger partial charge is 0.308 e. The molecule has 0 heterocycles. The summed E-state index contributed by atoms with van der Waals surface area (Å²) >= 11 is 0. The number of Topliss-reactive ketones (excluding diaryl/α,β-unsaturated/α-hetero) is 1. The molecule has 0 atom stereocenters. The molecule has 1 rings (SSSR count). The number of carbonyl (C=O) groups excluding carboxylic acids is 3. The monoisotopic (exact) mass is 308 g/mol. The lowest BCUT2D eigenvalue weighted by atomic mass is 10.2. The van der Waals surface area contributed by atoms with Gasteiger partial charge in [-0.05, 0) is 31.0 Å². The Kier molecular flexibility index (Phi) is 7.08. The van der Waals surface area contributed by atoms with Crippen LogP contribution in [0.2, 0.25) is 0 Å². The number of benzene rings is 1. The van der Waals surface area contributed by atoms with Gasteiger partial charge in [0.25, 0.3) is 0 Å². The molecule has 0 saturated heterocycles. The first-order valence-electron chi connectivity index (χ1n) is 6.95. The van der Waals surface area contributed by atoms with E-state index < -0.39 is 5.97 Å². The fourth-order valence-corrected chi connectivity index (χ4v) is 1.68. The molecule has 0 saturated carbocycles. The van der Waals surface area contributed by atoms with Crippen molar-refractivity contribution in [2.75, 3.05) is 6.61 Å². The van der Waals surface area contributed by atoms with E-state index in [1.807, 2.05) is 0 Å². The normalized spacial score (nSPS) is 9.95. The van der Waals surface area contributed by atoms with E-state index >= 15 is 0 Å². The number of hydrogen-bond acceptors (Lipinski definition) is 6. The Balaban J connectivity index is 2.77. The van der Waals surface area contributed by atoms with Gasteiger partial charge >= 0.3 is 11.9 Å². The molecule has 0 bridgehead atoms. The molecule has 0 unspecified atom stereocenters. The lowest BCUT2D eigenvalue weighted by molar-refractivity contribution is -0.142. The van der Waals surface area contributed by atoms with Gasteiger partial charge in [-0.2, -0.15) is 0 Å². The predicted molar refractivity (Wildman–Crippen MR) is 78.6 cm³/mol. The molecule has 0 radical (unpaired) electrons. The van der Waals surface area contributed by atoms with Crippen LogP contribution in [0.4, 0.5) is 0 Å². The number of ketones is 1. The van der Waals surface area contributed by atoms with Gasteiger partial charge < -0.3 is 19.0 Å². The second kappa shape index (κ2) is 8.81. The van der Waals surface area contributed by atoms with Crippen molar-refractivity contribution < 1.29 is 28.6 Å². The summed E-state index contributed by atoms with van der Waals surface area (Å²) < 4.78 is 15.5. The van der Waals surface area contributed by atoms with Crippen molar-refractivity contribution in [3.8, 4) is 11.5 Å². The van der Waals surface area contributed by atoms with E-state index in [0.717, 1.165) is 0 Å². The van der Waals surface area contributed by atoms with Gasteiger partial charge in [-0.1, -0.05) is 6.07 Å². The third-order valence-corrected chi connectivity index (χ3v) is 2.63. The van der Waals surface area contributed by atoms with E-state index in [-0.39, 0.29) is 18.4 Å². The Labute approximate surface area is 129 Å². The highest BCUT2D eigenvalue weighted by Gasteiger charge is 2.10. The zero-order valence-corrected chi connectivity index (χ0v) is 13.0.